The third-order valence-corrected chi connectivity index (χ3v) is 1.88. The molecule has 1 aliphatic rings. The molecule has 0 saturated carbocycles. The SMILES string of the molecule is C=CCCC(=O)[C@H]1CNCCO1. The van der Waals surface area contributed by atoms with Crippen LogP contribution in [0.5, 0.6) is 0 Å². The molecule has 0 aromatic rings. The van der Waals surface area contributed by atoms with Crippen molar-refractivity contribution < 1.29 is 9.53 Å². The number of carbonyl (C=O) groups excluding carboxylic acids is 1. The first kappa shape index (κ1) is 9.42. The highest BCUT2D eigenvalue weighted by molar-refractivity contribution is 5.83. The average Bonchev–Trinajstić information content (AvgIpc) is 2.15. The molecule has 1 fully saturated rings. The van der Waals surface area contributed by atoms with E-state index >= 15 is 0 Å². The molecule has 0 aromatic heterocycles. The van der Waals surface area contributed by atoms with Gasteiger partial charge in [-0.15, -0.1) is 6.58 Å². The zero-order valence-electron chi connectivity index (χ0n) is 7.21. The van der Waals surface area contributed by atoms with Crippen LogP contribution in [0.25, 0.3) is 0 Å². The van der Waals surface area contributed by atoms with Crippen molar-refractivity contribution in [3.8, 4) is 0 Å². The molecular formula is C9H15NO2. The molecule has 1 saturated heterocycles. The first-order valence-corrected chi connectivity index (χ1v) is 4.30. The largest absolute Gasteiger partial charge is 0.368 e. The lowest BCUT2D eigenvalue weighted by atomic mass is 10.1. The molecule has 0 unspecified atom stereocenters. The van der Waals surface area contributed by atoms with E-state index in [9.17, 15) is 4.79 Å². The van der Waals surface area contributed by atoms with Gasteiger partial charge in [0.1, 0.15) is 6.10 Å². The van der Waals surface area contributed by atoms with Crippen molar-refractivity contribution in [1.29, 1.82) is 0 Å². The summed E-state index contributed by atoms with van der Waals surface area (Å²) in [6.07, 6.45) is 2.83. The molecule has 12 heavy (non-hydrogen) atoms. The molecule has 1 heterocycles. The van der Waals surface area contributed by atoms with Crippen molar-refractivity contribution in [1.82, 2.24) is 5.32 Å². The van der Waals surface area contributed by atoms with E-state index < -0.39 is 0 Å². The van der Waals surface area contributed by atoms with Gasteiger partial charge in [-0.2, -0.15) is 0 Å². The van der Waals surface area contributed by atoms with Gasteiger partial charge in [0.2, 0.25) is 0 Å². The van der Waals surface area contributed by atoms with Gasteiger partial charge in [-0.25, -0.2) is 0 Å². The summed E-state index contributed by atoms with van der Waals surface area (Å²) in [4.78, 5) is 11.3. The zero-order chi connectivity index (χ0) is 8.81. The number of ketones is 1. The van der Waals surface area contributed by atoms with Crippen molar-refractivity contribution in [2.24, 2.45) is 0 Å². The number of morpholine rings is 1. The Balaban J connectivity index is 2.24. The molecule has 1 atom stereocenters. The lowest BCUT2D eigenvalue weighted by Crippen LogP contribution is -2.42. The van der Waals surface area contributed by atoms with Crippen molar-refractivity contribution in [2.75, 3.05) is 19.7 Å². The van der Waals surface area contributed by atoms with E-state index in [2.05, 4.69) is 11.9 Å². The number of hydrogen-bond donors (Lipinski definition) is 1. The van der Waals surface area contributed by atoms with Gasteiger partial charge in [-0.05, 0) is 6.42 Å². The van der Waals surface area contributed by atoms with Gasteiger partial charge in [-0.1, -0.05) is 6.08 Å². The number of carbonyl (C=O) groups is 1. The second kappa shape index (κ2) is 5.06. The lowest BCUT2D eigenvalue weighted by Gasteiger charge is -2.22. The minimum absolute atomic E-state index is 0.183. The van der Waals surface area contributed by atoms with Crippen LogP contribution in [-0.4, -0.2) is 31.6 Å². The van der Waals surface area contributed by atoms with Crippen molar-refractivity contribution in [2.45, 2.75) is 18.9 Å². The summed E-state index contributed by atoms with van der Waals surface area (Å²) < 4.78 is 5.29. The highest BCUT2D eigenvalue weighted by atomic mass is 16.5. The van der Waals surface area contributed by atoms with Gasteiger partial charge in [-0.3, -0.25) is 4.79 Å². The van der Waals surface area contributed by atoms with E-state index in [0.717, 1.165) is 13.0 Å². The Bertz CT molecular complexity index is 162. The Morgan fingerprint density at radius 2 is 2.58 bits per heavy atom. The summed E-state index contributed by atoms with van der Waals surface area (Å²) in [6.45, 7) is 5.73. The van der Waals surface area contributed by atoms with Crippen LogP contribution >= 0.6 is 0 Å². The van der Waals surface area contributed by atoms with E-state index in [1.807, 2.05) is 0 Å². The van der Waals surface area contributed by atoms with Crippen molar-refractivity contribution in [3.63, 3.8) is 0 Å². The average molecular weight is 169 g/mol. The van der Waals surface area contributed by atoms with Crippen LogP contribution in [0.15, 0.2) is 12.7 Å². The number of nitrogens with one attached hydrogen (secondary N) is 1. The maximum atomic E-state index is 11.3. The van der Waals surface area contributed by atoms with Gasteiger partial charge >= 0.3 is 0 Å². The number of ether oxygens (including phenoxy) is 1. The zero-order valence-corrected chi connectivity index (χ0v) is 7.21. The third-order valence-electron chi connectivity index (χ3n) is 1.88. The minimum Gasteiger partial charge on any atom is -0.368 e. The molecule has 1 N–H and O–H groups in total. The van der Waals surface area contributed by atoms with E-state index in [-0.39, 0.29) is 11.9 Å². The summed E-state index contributed by atoms with van der Waals surface area (Å²) in [5, 5.41) is 3.12. The van der Waals surface area contributed by atoms with Crippen LogP contribution < -0.4 is 5.32 Å². The Morgan fingerprint density at radius 3 is 3.17 bits per heavy atom. The first-order valence-electron chi connectivity index (χ1n) is 4.30. The fraction of sp³-hybridized carbons (Fsp3) is 0.667. The molecule has 0 bridgehead atoms. The summed E-state index contributed by atoms with van der Waals surface area (Å²) in [6, 6.07) is 0. The normalized spacial score (nSPS) is 23.5. The quantitative estimate of drug-likeness (QED) is 0.623. The predicted molar refractivity (Wildman–Crippen MR) is 47.0 cm³/mol. The monoisotopic (exact) mass is 169 g/mol. The Labute approximate surface area is 72.8 Å². The van der Waals surface area contributed by atoms with Crippen LogP contribution in [-0.2, 0) is 9.53 Å². The number of hydrogen-bond acceptors (Lipinski definition) is 3. The molecule has 3 heteroatoms. The molecule has 1 rings (SSSR count). The molecule has 0 amide bonds. The predicted octanol–water partition coefficient (Wildman–Crippen LogP) is 0.510. The van der Waals surface area contributed by atoms with Gasteiger partial charge in [0, 0.05) is 19.5 Å². The van der Waals surface area contributed by atoms with E-state index in [0.29, 0.717) is 19.6 Å². The second-order valence-corrected chi connectivity index (χ2v) is 2.86. The topological polar surface area (TPSA) is 38.3 Å². The molecular weight excluding hydrogens is 154 g/mol. The van der Waals surface area contributed by atoms with Gasteiger partial charge in [0.15, 0.2) is 5.78 Å². The molecule has 0 radical (unpaired) electrons. The lowest BCUT2D eigenvalue weighted by molar-refractivity contribution is -0.131. The Kier molecular flexibility index (Phi) is 3.97. The maximum Gasteiger partial charge on any atom is 0.163 e. The number of allylic oxidation sites excluding steroid dienone is 1. The van der Waals surface area contributed by atoms with Crippen LogP contribution in [0.4, 0.5) is 0 Å². The smallest absolute Gasteiger partial charge is 0.163 e. The van der Waals surface area contributed by atoms with Crippen LogP contribution in [0, 0.1) is 0 Å². The Morgan fingerprint density at radius 1 is 1.75 bits per heavy atom. The summed E-state index contributed by atoms with van der Waals surface area (Å²) >= 11 is 0. The number of rotatable bonds is 4. The molecule has 0 spiro atoms. The van der Waals surface area contributed by atoms with E-state index in [4.69, 9.17) is 4.74 Å². The number of Topliss-reactive ketones (excluding diaryl/α,β-unsaturated/α-hetero) is 1. The molecule has 0 aliphatic carbocycles. The van der Waals surface area contributed by atoms with Crippen molar-refractivity contribution >= 4 is 5.78 Å². The Hall–Kier alpha value is -0.670. The maximum absolute atomic E-state index is 11.3. The fourth-order valence-electron chi connectivity index (χ4n) is 1.18. The summed E-state index contributed by atoms with van der Waals surface area (Å²) in [5.41, 5.74) is 0. The van der Waals surface area contributed by atoms with Crippen molar-refractivity contribution in [3.05, 3.63) is 12.7 Å². The van der Waals surface area contributed by atoms with Crippen LogP contribution in [0.1, 0.15) is 12.8 Å². The fourth-order valence-corrected chi connectivity index (χ4v) is 1.18. The second-order valence-electron chi connectivity index (χ2n) is 2.86. The van der Waals surface area contributed by atoms with Crippen LogP contribution in [0.3, 0.4) is 0 Å². The van der Waals surface area contributed by atoms with Gasteiger partial charge in [0.25, 0.3) is 0 Å². The highest BCUT2D eigenvalue weighted by Gasteiger charge is 2.20. The van der Waals surface area contributed by atoms with Crippen LogP contribution in [0.2, 0.25) is 0 Å². The first-order chi connectivity index (χ1) is 5.84. The summed E-state index contributed by atoms with van der Waals surface area (Å²) in [7, 11) is 0. The minimum atomic E-state index is -0.223. The van der Waals surface area contributed by atoms with E-state index in [1.165, 1.54) is 0 Å². The standard InChI is InChI=1S/C9H15NO2/c1-2-3-4-8(11)9-7-10-5-6-12-9/h2,9-10H,1,3-7H2/t9-/m1/s1. The molecule has 68 valence electrons. The molecule has 1 aliphatic heterocycles. The van der Waals surface area contributed by atoms with E-state index in [1.54, 1.807) is 6.08 Å². The molecule has 0 aromatic carbocycles. The molecule has 3 nitrogen and oxygen atoms in total. The van der Waals surface area contributed by atoms with Gasteiger partial charge < -0.3 is 10.1 Å². The third kappa shape index (κ3) is 2.75. The summed E-state index contributed by atoms with van der Waals surface area (Å²) in [5.74, 6) is 0.183. The highest BCUT2D eigenvalue weighted by Crippen LogP contribution is 2.02. The van der Waals surface area contributed by atoms with Gasteiger partial charge in [0.05, 0.1) is 6.61 Å².